The Balaban J connectivity index is 2.50. The Morgan fingerprint density at radius 3 is 2.24 bits per heavy atom. The van der Waals surface area contributed by atoms with Gasteiger partial charge in [0.05, 0.1) is 0 Å². The Kier molecular flexibility index (Phi) is 6.06. The Bertz CT molecular complexity index is 303. The summed E-state index contributed by atoms with van der Waals surface area (Å²) in [5, 5.41) is 12.5. The number of aliphatic hydroxyl groups is 1. The molecule has 0 radical (unpaired) electrons. The van der Waals surface area contributed by atoms with Gasteiger partial charge in [0.1, 0.15) is 0 Å². The molecule has 0 bridgehead atoms. The van der Waals surface area contributed by atoms with E-state index in [1.54, 1.807) is 0 Å². The molecule has 1 aromatic rings. The molecule has 0 aliphatic rings. The van der Waals surface area contributed by atoms with Gasteiger partial charge in [-0.05, 0) is 42.4 Å². The summed E-state index contributed by atoms with van der Waals surface area (Å²) in [6.45, 7) is 7.67. The Labute approximate surface area is 105 Å². The Morgan fingerprint density at radius 2 is 1.76 bits per heavy atom. The topological polar surface area (TPSA) is 32.3 Å². The average Bonchev–Trinajstić information content (AvgIpc) is 2.39. The van der Waals surface area contributed by atoms with Gasteiger partial charge in [-0.25, -0.2) is 0 Å². The lowest BCUT2D eigenvalue weighted by molar-refractivity contribution is 0.230. The van der Waals surface area contributed by atoms with Gasteiger partial charge in [-0.3, -0.25) is 0 Å². The molecular weight excluding hydrogens is 210 g/mol. The van der Waals surface area contributed by atoms with Crippen molar-refractivity contribution in [3.05, 3.63) is 29.8 Å². The molecule has 2 unspecified atom stereocenters. The smallest absolute Gasteiger partial charge is 0.0475 e. The minimum atomic E-state index is 0.258. The maximum absolute atomic E-state index is 9.11. The highest BCUT2D eigenvalue weighted by Crippen LogP contribution is 2.20. The van der Waals surface area contributed by atoms with Crippen LogP contribution in [-0.4, -0.2) is 18.3 Å². The molecule has 0 heterocycles. The van der Waals surface area contributed by atoms with Crippen molar-refractivity contribution in [3.63, 3.8) is 0 Å². The van der Waals surface area contributed by atoms with Gasteiger partial charge in [-0.2, -0.15) is 0 Å². The van der Waals surface area contributed by atoms with Gasteiger partial charge in [0.15, 0.2) is 0 Å². The molecule has 2 heteroatoms. The fourth-order valence-corrected chi connectivity index (χ4v) is 1.77. The largest absolute Gasteiger partial charge is 0.396 e. The van der Waals surface area contributed by atoms with Crippen molar-refractivity contribution in [1.82, 2.24) is 0 Å². The fourth-order valence-electron chi connectivity index (χ4n) is 1.77. The molecule has 0 spiro atoms. The van der Waals surface area contributed by atoms with E-state index in [0.717, 1.165) is 18.7 Å². The maximum atomic E-state index is 9.11. The summed E-state index contributed by atoms with van der Waals surface area (Å²) in [6.07, 6.45) is 2.18. The number of anilines is 1. The van der Waals surface area contributed by atoms with Gasteiger partial charge < -0.3 is 10.4 Å². The predicted molar refractivity (Wildman–Crippen MR) is 74.5 cm³/mol. The minimum Gasteiger partial charge on any atom is -0.396 e. The molecule has 1 rings (SSSR count). The zero-order valence-corrected chi connectivity index (χ0v) is 11.2. The van der Waals surface area contributed by atoms with Crippen LogP contribution in [0.25, 0.3) is 0 Å². The maximum Gasteiger partial charge on any atom is 0.0475 e. The van der Waals surface area contributed by atoms with E-state index in [0.29, 0.717) is 11.8 Å². The van der Waals surface area contributed by atoms with Crippen LogP contribution in [0.15, 0.2) is 24.3 Å². The number of rotatable bonds is 7. The second kappa shape index (κ2) is 7.33. The van der Waals surface area contributed by atoms with Crippen molar-refractivity contribution < 1.29 is 5.11 Å². The molecule has 0 fully saturated rings. The molecule has 17 heavy (non-hydrogen) atoms. The fraction of sp³-hybridized carbons (Fsp3) is 0.600. The SMILES string of the molecule is CCC(CO)CNc1ccc(C(C)CC)cc1. The monoisotopic (exact) mass is 235 g/mol. The predicted octanol–water partition coefficient (Wildman–Crippen LogP) is 3.63. The second-order valence-corrected chi connectivity index (χ2v) is 4.77. The normalized spacial score (nSPS) is 14.4. The molecule has 1 aromatic carbocycles. The van der Waals surface area contributed by atoms with Crippen LogP contribution in [-0.2, 0) is 0 Å². The van der Waals surface area contributed by atoms with E-state index in [2.05, 4.69) is 50.4 Å². The van der Waals surface area contributed by atoms with Crippen LogP contribution >= 0.6 is 0 Å². The first kappa shape index (κ1) is 14.0. The lowest BCUT2D eigenvalue weighted by atomic mass is 9.98. The Morgan fingerprint density at radius 1 is 1.12 bits per heavy atom. The summed E-state index contributed by atoms with van der Waals surface area (Å²) in [5.74, 6) is 0.981. The van der Waals surface area contributed by atoms with Gasteiger partial charge in [0.2, 0.25) is 0 Å². The molecule has 96 valence electrons. The Hall–Kier alpha value is -1.02. The van der Waals surface area contributed by atoms with Gasteiger partial charge in [0, 0.05) is 18.8 Å². The van der Waals surface area contributed by atoms with Gasteiger partial charge in [-0.1, -0.05) is 32.9 Å². The molecule has 0 saturated carbocycles. The molecule has 2 N–H and O–H groups in total. The highest BCUT2D eigenvalue weighted by molar-refractivity contribution is 5.45. The van der Waals surface area contributed by atoms with Crippen molar-refractivity contribution >= 4 is 5.69 Å². The van der Waals surface area contributed by atoms with E-state index in [1.807, 2.05) is 0 Å². The molecule has 0 aliphatic heterocycles. The summed E-state index contributed by atoms with van der Waals surface area (Å²) in [6, 6.07) is 8.64. The van der Waals surface area contributed by atoms with E-state index in [9.17, 15) is 0 Å². The van der Waals surface area contributed by atoms with Crippen molar-refractivity contribution in [1.29, 1.82) is 0 Å². The van der Waals surface area contributed by atoms with Crippen LogP contribution in [0.4, 0.5) is 5.69 Å². The van der Waals surface area contributed by atoms with Crippen molar-refractivity contribution in [2.75, 3.05) is 18.5 Å². The third kappa shape index (κ3) is 4.39. The molecule has 0 aromatic heterocycles. The number of hydrogen-bond donors (Lipinski definition) is 2. The van der Waals surface area contributed by atoms with Gasteiger partial charge in [-0.15, -0.1) is 0 Å². The average molecular weight is 235 g/mol. The van der Waals surface area contributed by atoms with E-state index in [-0.39, 0.29) is 6.61 Å². The summed E-state index contributed by atoms with van der Waals surface area (Å²) in [5.41, 5.74) is 2.54. The van der Waals surface area contributed by atoms with E-state index in [4.69, 9.17) is 5.11 Å². The van der Waals surface area contributed by atoms with Crippen LogP contribution < -0.4 is 5.32 Å². The van der Waals surface area contributed by atoms with Crippen LogP contribution in [0.3, 0.4) is 0 Å². The summed E-state index contributed by atoms with van der Waals surface area (Å²) in [4.78, 5) is 0. The second-order valence-electron chi connectivity index (χ2n) is 4.77. The number of benzene rings is 1. The molecule has 0 aliphatic carbocycles. The molecular formula is C15H25NO. The van der Waals surface area contributed by atoms with E-state index in [1.165, 1.54) is 12.0 Å². The van der Waals surface area contributed by atoms with Crippen LogP contribution in [0.1, 0.15) is 45.1 Å². The van der Waals surface area contributed by atoms with Crippen LogP contribution in [0, 0.1) is 5.92 Å². The molecule has 0 amide bonds. The lowest BCUT2D eigenvalue weighted by Gasteiger charge is -2.15. The van der Waals surface area contributed by atoms with E-state index < -0.39 is 0 Å². The van der Waals surface area contributed by atoms with Gasteiger partial charge in [0.25, 0.3) is 0 Å². The third-order valence-corrected chi connectivity index (χ3v) is 3.52. The summed E-state index contributed by atoms with van der Waals surface area (Å²) >= 11 is 0. The zero-order chi connectivity index (χ0) is 12.7. The van der Waals surface area contributed by atoms with Gasteiger partial charge >= 0.3 is 0 Å². The first-order valence-corrected chi connectivity index (χ1v) is 6.65. The first-order valence-electron chi connectivity index (χ1n) is 6.65. The highest BCUT2D eigenvalue weighted by Gasteiger charge is 2.05. The minimum absolute atomic E-state index is 0.258. The zero-order valence-electron chi connectivity index (χ0n) is 11.2. The quantitative estimate of drug-likeness (QED) is 0.756. The van der Waals surface area contributed by atoms with Crippen molar-refractivity contribution in [2.24, 2.45) is 5.92 Å². The molecule has 0 saturated heterocycles. The lowest BCUT2D eigenvalue weighted by Crippen LogP contribution is -2.16. The molecule has 2 nitrogen and oxygen atoms in total. The van der Waals surface area contributed by atoms with Crippen LogP contribution in [0.2, 0.25) is 0 Å². The number of hydrogen-bond acceptors (Lipinski definition) is 2. The molecule has 2 atom stereocenters. The van der Waals surface area contributed by atoms with Crippen molar-refractivity contribution in [2.45, 2.75) is 39.5 Å². The standard InChI is InChI=1S/C15H25NO/c1-4-12(3)14-6-8-15(9-7-14)16-10-13(5-2)11-17/h6-9,12-13,16-17H,4-5,10-11H2,1-3H3. The summed E-state index contributed by atoms with van der Waals surface area (Å²) in [7, 11) is 0. The van der Waals surface area contributed by atoms with Crippen LogP contribution in [0.5, 0.6) is 0 Å². The number of aliphatic hydroxyl groups excluding tert-OH is 1. The summed E-state index contributed by atoms with van der Waals surface area (Å²) < 4.78 is 0. The van der Waals surface area contributed by atoms with Crippen molar-refractivity contribution in [3.8, 4) is 0 Å². The first-order chi connectivity index (χ1) is 8.21. The third-order valence-electron chi connectivity index (χ3n) is 3.52. The highest BCUT2D eigenvalue weighted by atomic mass is 16.3. The van der Waals surface area contributed by atoms with E-state index >= 15 is 0 Å². The number of nitrogens with one attached hydrogen (secondary N) is 1.